The number of para-hydroxylation sites is 1. The molecule has 1 saturated heterocycles. The number of nitrogens with one attached hydrogen (secondary N) is 4. The van der Waals surface area contributed by atoms with Crippen LogP contribution in [-0.2, 0) is 19.1 Å². The van der Waals surface area contributed by atoms with Crippen molar-refractivity contribution >= 4 is 40.7 Å². The summed E-state index contributed by atoms with van der Waals surface area (Å²) in [7, 11) is 0. The van der Waals surface area contributed by atoms with Gasteiger partial charge in [-0.05, 0) is 65.0 Å². The first-order chi connectivity index (χ1) is 20.9. The number of aliphatic carboxylic acids is 1. The molecule has 1 aliphatic carbocycles. The molecule has 12 heteroatoms. The van der Waals surface area contributed by atoms with Crippen LogP contribution in [-0.4, -0.2) is 80.6 Å². The Labute approximate surface area is 255 Å². The maximum atomic E-state index is 14.1. The number of benzene rings is 1. The van der Waals surface area contributed by atoms with Crippen LogP contribution in [0.2, 0.25) is 0 Å². The summed E-state index contributed by atoms with van der Waals surface area (Å²) in [6.45, 7) is 5.19. The second-order valence-electron chi connectivity index (χ2n) is 13.0. The van der Waals surface area contributed by atoms with Crippen LogP contribution in [0, 0.1) is 5.92 Å². The van der Waals surface area contributed by atoms with Gasteiger partial charge in [-0.3, -0.25) is 14.4 Å². The highest BCUT2D eigenvalue weighted by atomic mass is 16.6. The van der Waals surface area contributed by atoms with Crippen molar-refractivity contribution in [3.05, 3.63) is 48.2 Å². The van der Waals surface area contributed by atoms with E-state index in [1.54, 1.807) is 26.8 Å². The quantitative estimate of drug-likeness (QED) is 0.332. The van der Waals surface area contributed by atoms with Gasteiger partial charge in [0.2, 0.25) is 11.8 Å². The number of carboxylic acids is 1. The van der Waals surface area contributed by atoms with E-state index in [0.717, 1.165) is 30.2 Å². The van der Waals surface area contributed by atoms with E-state index in [9.17, 15) is 29.1 Å². The molecule has 3 heterocycles. The summed E-state index contributed by atoms with van der Waals surface area (Å²) in [6.07, 6.45) is 6.74. The second kappa shape index (κ2) is 12.3. The Morgan fingerprint density at radius 1 is 1.09 bits per heavy atom. The van der Waals surface area contributed by atoms with Gasteiger partial charge in [0.15, 0.2) is 0 Å². The van der Waals surface area contributed by atoms with Crippen molar-refractivity contribution in [2.45, 2.75) is 95.0 Å². The van der Waals surface area contributed by atoms with Gasteiger partial charge in [0.25, 0.3) is 5.91 Å². The number of fused-ring (bicyclic) bond motifs is 3. The third-order valence-corrected chi connectivity index (χ3v) is 8.46. The predicted molar refractivity (Wildman–Crippen MR) is 162 cm³/mol. The number of alkyl carbamates (subject to hydrolysis) is 1. The molecule has 2 aromatic rings. The van der Waals surface area contributed by atoms with Gasteiger partial charge in [-0.15, -0.1) is 0 Å². The average Bonchev–Trinajstić information content (AvgIpc) is 3.27. The third kappa shape index (κ3) is 6.89. The number of ether oxygens (including phenoxy) is 1. The molecule has 4 amide bonds. The van der Waals surface area contributed by atoms with Crippen molar-refractivity contribution < 1.29 is 33.8 Å². The first-order valence-corrected chi connectivity index (χ1v) is 15.3. The molecule has 1 saturated carbocycles. The Kier molecular flexibility index (Phi) is 8.71. The molecule has 2 aliphatic heterocycles. The third-order valence-electron chi connectivity index (χ3n) is 8.46. The van der Waals surface area contributed by atoms with Crippen molar-refractivity contribution in [2.75, 3.05) is 6.54 Å². The van der Waals surface area contributed by atoms with E-state index < -0.39 is 53.1 Å². The van der Waals surface area contributed by atoms with E-state index in [2.05, 4.69) is 20.9 Å². The molecule has 1 aromatic carbocycles. The van der Waals surface area contributed by atoms with E-state index in [-0.39, 0.29) is 31.2 Å². The highest BCUT2D eigenvalue weighted by Gasteiger charge is 2.61. The number of carboxylic acid groups (broad SMARTS) is 1. The zero-order valence-corrected chi connectivity index (χ0v) is 25.4. The van der Waals surface area contributed by atoms with Crippen LogP contribution in [0.25, 0.3) is 10.9 Å². The molecular weight excluding hydrogens is 566 g/mol. The first-order valence-electron chi connectivity index (χ1n) is 15.3. The number of hydrogen-bond donors (Lipinski definition) is 5. The summed E-state index contributed by atoms with van der Waals surface area (Å²) < 4.78 is 5.42. The Bertz CT molecular complexity index is 1440. The minimum atomic E-state index is -1.44. The molecule has 5 rings (SSSR count). The van der Waals surface area contributed by atoms with E-state index >= 15 is 0 Å². The van der Waals surface area contributed by atoms with E-state index in [4.69, 9.17) is 4.74 Å². The van der Waals surface area contributed by atoms with Gasteiger partial charge >= 0.3 is 12.1 Å². The Hall–Kier alpha value is -4.35. The van der Waals surface area contributed by atoms with Crippen LogP contribution < -0.4 is 16.0 Å². The zero-order chi connectivity index (χ0) is 31.6. The lowest BCUT2D eigenvalue weighted by Gasteiger charge is -2.30. The highest BCUT2D eigenvalue weighted by molar-refractivity contribution is 5.99. The molecule has 5 N–H and O–H groups in total. The van der Waals surface area contributed by atoms with Crippen LogP contribution in [0.1, 0.15) is 76.2 Å². The fourth-order valence-corrected chi connectivity index (χ4v) is 6.11. The molecule has 12 nitrogen and oxygen atoms in total. The largest absolute Gasteiger partial charge is 0.479 e. The standard InChI is InChI=1S/C32H41N5O7/c1-31(2,3)44-30(43)35-23-14-8-6-4-5-7-12-20-17-32(20,29(41)42)36-27(39)25-16-21(18-37(25)28(23)40)33-26(38)24-15-19-11-9-10-13-22(19)34-24/h7,9-13,15,20-21,23,25,34H,4-6,8,14,16-18H2,1-3H3,(H,33,38)(H,35,43)(H,36,39)(H,41,42)/b12-7-/t20-,21-,23+,25+,32-/m1/s1. The summed E-state index contributed by atoms with van der Waals surface area (Å²) in [6, 6.07) is 6.59. The molecule has 236 valence electrons. The number of carbonyl (C=O) groups is 5. The lowest BCUT2D eigenvalue weighted by Crippen LogP contribution is -2.56. The summed E-state index contributed by atoms with van der Waals surface area (Å²) >= 11 is 0. The fourth-order valence-electron chi connectivity index (χ4n) is 6.11. The molecule has 0 radical (unpaired) electrons. The number of amides is 4. The number of hydrogen-bond acceptors (Lipinski definition) is 6. The molecular formula is C32H41N5O7. The highest BCUT2D eigenvalue weighted by Crippen LogP contribution is 2.45. The van der Waals surface area contributed by atoms with Crippen LogP contribution in [0.4, 0.5) is 4.79 Å². The van der Waals surface area contributed by atoms with Gasteiger partial charge < -0.3 is 35.7 Å². The number of aromatic nitrogens is 1. The van der Waals surface area contributed by atoms with Crippen molar-refractivity contribution in [2.24, 2.45) is 5.92 Å². The van der Waals surface area contributed by atoms with Gasteiger partial charge in [0.1, 0.15) is 28.9 Å². The predicted octanol–water partition coefficient (Wildman–Crippen LogP) is 3.24. The van der Waals surface area contributed by atoms with Gasteiger partial charge in [-0.1, -0.05) is 43.2 Å². The van der Waals surface area contributed by atoms with Crippen molar-refractivity contribution in [3.63, 3.8) is 0 Å². The van der Waals surface area contributed by atoms with Gasteiger partial charge in [0, 0.05) is 29.4 Å². The zero-order valence-electron chi connectivity index (χ0n) is 25.4. The molecule has 0 spiro atoms. The molecule has 44 heavy (non-hydrogen) atoms. The van der Waals surface area contributed by atoms with Crippen molar-refractivity contribution in [1.29, 1.82) is 0 Å². The van der Waals surface area contributed by atoms with Gasteiger partial charge in [-0.25, -0.2) is 9.59 Å². The van der Waals surface area contributed by atoms with E-state index in [1.165, 1.54) is 4.90 Å². The number of nitrogens with zero attached hydrogens (tertiary/aromatic N) is 1. The van der Waals surface area contributed by atoms with E-state index in [1.807, 2.05) is 36.4 Å². The average molecular weight is 608 g/mol. The fraction of sp³-hybridized carbons (Fsp3) is 0.531. The summed E-state index contributed by atoms with van der Waals surface area (Å²) in [4.78, 5) is 70.5. The monoisotopic (exact) mass is 607 g/mol. The molecule has 1 aromatic heterocycles. The Morgan fingerprint density at radius 3 is 2.59 bits per heavy atom. The van der Waals surface area contributed by atoms with Crippen LogP contribution in [0.3, 0.4) is 0 Å². The van der Waals surface area contributed by atoms with Crippen LogP contribution in [0.15, 0.2) is 42.5 Å². The second-order valence-corrected chi connectivity index (χ2v) is 13.0. The molecule has 5 atom stereocenters. The number of allylic oxidation sites excluding steroid dienone is 1. The number of carbonyl (C=O) groups excluding carboxylic acids is 4. The Balaban J connectivity index is 1.40. The SMILES string of the molecule is CC(C)(C)OC(=O)N[C@H]1CCCCC/C=C\[C@@H]2C[C@@]2(C(=O)O)NC(=O)[C@@H]2C[C@@H](NC(=O)c3cc4ccccc4[nH]3)CN2C1=O. The topological polar surface area (TPSA) is 170 Å². The maximum absolute atomic E-state index is 14.1. The maximum Gasteiger partial charge on any atom is 0.408 e. The van der Waals surface area contributed by atoms with Crippen molar-refractivity contribution in [3.8, 4) is 0 Å². The molecule has 0 bridgehead atoms. The Morgan fingerprint density at radius 2 is 1.86 bits per heavy atom. The van der Waals surface area contributed by atoms with Crippen LogP contribution >= 0.6 is 0 Å². The first kappa shape index (κ1) is 31.1. The lowest BCUT2D eigenvalue weighted by molar-refractivity contribution is -0.145. The van der Waals surface area contributed by atoms with Crippen molar-refractivity contribution in [1.82, 2.24) is 25.8 Å². The number of H-pyrrole nitrogens is 1. The van der Waals surface area contributed by atoms with Gasteiger partial charge in [0.05, 0.1) is 0 Å². The minimum Gasteiger partial charge on any atom is -0.479 e. The number of aromatic amines is 1. The van der Waals surface area contributed by atoms with E-state index in [0.29, 0.717) is 18.5 Å². The van der Waals surface area contributed by atoms with Crippen LogP contribution in [0.5, 0.6) is 0 Å². The molecule has 2 fully saturated rings. The van der Waals surface area contributed by atoms with Gasteiger partial charge in [-0.2, -0.15) is 0 Å². The summed E-state index contributed by atoms with van der Waals surface area (Å²) in [5.74, 6) is -2.96. The summed E-state index contributed by atoms with van der Waals surface area (Å²) in [5, 5.41) is 19.3. The summed E-state index contributed by atoms with van der Waals surface area (Å²) in [5.41, 5.74) is -1.08. The number of rotatable bonds is 4. The smallest absolute Gasteiger partial charge is 0.408 e. The molecule has 3 aliphatic rings. The lowest BCUT2D eigenvalue weighted by atomic mass is 10.0. The molecule has 0 unspecified atom stereocenters. The minimum absolute atomic E-state index is 0.0127. The normalized spacial score (nSPS) is 28.5.